The minimum atomic E-state index is -4.19. The van der Waals surface area contributed by atoms with Crippen molar-refractivity contribution in [1.82, 2.24) is 16.0 Å². The van der Waals surface area contributed by atoms with Gasteiger partial charge in [-0.25, -0.2) is 4.57 Å². The monoisotopic (exact) mass is 731 g/mol. The zero-order valence-electron chi connectivity index (χ0n) is 30.3. The number of benzene rings is 2. The standard InChI is InChI=1S/C38H58N3O9P/c1-31(42)30-48-29-28-47-27-25-41-37(44)35(39-2)18-11-12-24-40-36(43)19-10-5-13-26-49-51(45,46)50-34-20-22-38(23-21-34,32-14-6-3-7-15-32)33-16-8-4-9-17-33/h3-4,6-9,14-17,34-35,39H,5,10-13,18-30H2,1-2H3,(H,40,43)(H,41,44)(H,45,46)/t35-/m0/s1. The number of carbonyl (C=O) groups excluding carboxylic acids is 3. The number of Topliss-reactive ketones (excluding diaryl/α,β-unsaturated/α-hetero) is 1. The van der Waals surface area contributed by atoms with Gasteiger partial charge in [0.2, 0.25) is 11.8 Å². The molecule has 284 valence electrons. The van der Waals surface area contributed by atoms with Gasteiger partial charge in [-0.3, -0.25) is 23.4 Å². The van der Waals surface area contributed by atoms with Crippen LogP contribution in [0.15, 0.2) is 60.7 Å². The number of ketones is 1. The van der Waals surface area contributed by atoms with Crippen LogP contribution in [0.4, 0.5) is 0 Å². The van der Waals surface area contributed by atoms with Crippen LogP contribution in [0, 0.1) is 0 Å². The Balaban J connectivity index is 1.20. The van der Waals surface area contributed by atoms with E-state index in [1.807, 2.05) is 12.1 Å². The lowest BCUT2D eigenvalue weighted by Gasteiger charge is -2.41. The maximum atomic E-state index is 12.7. The largest absolute Gasteiger partial charge is 0.472 e. The Bertz CT molecular complexity index is 1300. The third kappa shape index (κ3) is 16.1. The predicted molar refractivity (Wildman–Crippen MR) is 196 cm³/mol. The fourth-order valence-corrected chi connectivity index (χ4v) is 7.42. The van der Waals surface area contributed by atoms with Crippen molar-refractivity contribution in [2.24, 2.45) is 0 Å². The van der Waals surface area contributed by atoms with Crippen molar-refractivity contribution in [3.63, 3.8) is 0 Å². The number of unbranched alkanes of at least 4 members (excludes halogenated alkanes) is 3. The lowest BCUT2D eigenvalue weighted by molar-refractivity contribution is -0.124. The van der Waals surface area contributed by atoms with Crippen molar-refractivity contribution >= 4 is 25.4 Å². The van der Waals surface area contributed by atoms with Gasteiger partial charge in [0.15, 0.2) is 5.78 Å². The number of phosphoric acid groups is 1. The molecule has 0 radical (unpaired) electrons. The van der Waals surface area contributed by atoms with Crippen LogP contribution in [0.5, 0.6) is 0 Å². The first-order valence-corrected chi connectivity index (χ1v) is 19.8. The summed E-state index contributed by atoms with van der Waals surface area (Å²) in [6.45, 7) is 3.58. The molecule has 4 N–H and O–H groups in total. The third-order valence-electron chi connectivity index (χ3n) is 9.15. The first-order chi connectivity index (χ1) is 24.6. The minimum absolute atomic E-state index is 0.0349. The van der Waals surface area contributed by atoms with Gasteiger partial charge in [0.25, 0.3) is 0 Å². The molecule has 2 amide bonds. The van der Waals surface area contributed by atoms with Crippen LogP contribution < -0.4 is 16.0 Å². The average Bonchev–Trinajstić information content (AvgIpc) is 3.13. The highest BCUT2D eigenvalue weighted by molar-refractivity contribution is 7.47. The molecule has 1 aliphatic rings. The summed E-state index contributed by atoms with van der Waals surface area (Å²) < 4.78 is 34.1. The number of hydrogen-bond donors (Lipinski definition) is 4. The van der Waals surface area contributed by atoms with Crippen molar-refractivity contribution in [1.29, 1.82) is 0 Å². The average molecular weight is 732 g/mol. The first-order valence-electron chi connectivity index (χ1n) is 18.3. The highest BCUT2D eigenvalue weighted by atomic mass is 31.2. The molecule has 3 rings (SSSR count). The number of ether oxygens (including phenoxy) is 2. The van der Waals surface area contributed by atoms with Crippen LogP contribution in [0.3, 0.4) is 0 Å². The second-order valence-electron chi connectivity index (χ2n) is 13.1. The maximum absolute atomic E-state index is 12.7. The van der Waals surface area contributed by atoms with Crippen molar-refractivity contribution in [2.45, 2.75) is 95.1 Å². The van der Waals surface area contributed by atoms with Crippen LogP contribution >= 0.6 is 7.82 Å². The molecular weight excluding hydrogens is 673 g/mol. The van der Waals surface area contributed by atoms with E-state index in [-0.39, 0.29) is 48.4 Å². The van der Waals surface area contributed by atoms with E-state index in [0.717, 1.165) is 25.7 Å². The van der Waals surface area contributed by atoms with E-state index in [9.17, 15) is 23.8 Å². The molecule has 1 fully saturated rings. The van der Waals surface area contributed by atoms with Crippen molar-refractivity contribution < 1.29 is 42.4 Å². The Morgan fingerprint density at radius 3 is 2.10 bits per heavy atom. The van der Waals surface area contributed by atoms with E-state index >= 15 is 0 Å². The molecule has 2 aromatic carbocycles. The molecule has 0 heterocycles. The topological polar surface area (TPSA) is 162 Å². The Kier molecular flexibility index (Phi) is 19.6. The molecule has 2 aromatic rings. The summed E-state index contributed by atoms with van der Waals surface area (Å²) in [6, 6.07) is 20.5. The molecule has 51 heavy (non-hydrogen) atoms. The molecule has 2 atom stereocenters. The second-order valence-corrected chi connectivity index (χ2v) is 14.5. The summed E-state index contributed by atoms with van der Waals surface area (Å²) in [4.78, 5) is 45.9. The zero-order valence-corrected chi connectivity index (χ0v) is 31.2. The molecule has 12 nitrogen and oxygen atoms in total. The molecule has 0 saturated heterocycles. The molecular formula is C38H58N3O9P. The maximum Gasteiger partial charge on any atom is 0.472 e. The van der Waals surface area contributed by atoms with Gasteiger partial charge in [-0.15, -0.1) is 0 Å². The van der Waals surface area contributed by atoms with Gasteiger partial charge in [0.05, 0.1) is 38.6 Å². The van der Waals surface area contributed by atoms with E-state index in [1.165, 1.54) is 18.1 Å². The summed E-state index contributed by atoms with van der Waals surface area (Å²) >= 11 is 0. The van der Waals surface area contributed by atoms with E-state index in [1.54, 1.807) is 7.05 Å². The van der Waals surface area contributed by atoms with Crippen molar-refractivity contribution in [2.75, 3.05) is 53.2 Å². The van der Waals surface area contributed by atoms with Crippen LogP contribution in [-0.2, 0) is 42.9 Å². The van der Waals surface area contributed by atoms with E-state index in [2.05, 4.69) is 64.5 Å². The lowest BCUT2D eigenvalue weighted by Crippen LogP contribution is -2.43. The number of nitrogens with one attached hydrogen (secondary N) is 3. The SMILES string of the molecule is CN[C@@H](CCCCNC(=O)CCCCCOP(=O)(O)OC1CCC(c2ccccc2)(c2ccccc2)CC1)C(=O)NCCOCCOCC(C)=O. The third-order valence-corrected chi connectivity index (χ3v) is 10.2. The molecule has 13 heteroatoms. The van der Waals surface area contributed by atoms with Gasteiger partial charge in [0.1, 0.15) is 6.61 Å². The van der Waals surface area contributed by atoms with E-state index in [0.29, 0.717) is 77.9 Å². The number of carbonyl (C=O) groups is 3. The number of amides is 2. The van der Waals surface area contributed by atoms with Gasteiger partial charge in [-0.05, 0) is 82.9 Å². The summed E-state index contributed by atoms with van der Waals surface area (Å²) in [6.07, 6.45) is 6.96. The van der Waals surface area contributed by atoms with Gasteiger partial charge < -0.3 is 30.3 Å². The van der Waals surface area contributed by atoms with Crippen LogP contribution in [0.1, 0.15) is 88.7 Å². The molecule has 0 bridgehead atoms. The number of hydrogen-bond acceptors (Lipinski definition) is 9. The van der Waals surface area contributed by atoms with Gasteiger partial charge in [-0.1, -0.05) is 67.1 Å². The van der Waals surface area contributed by atoms with Crippen molar-refractivity contribution in [3.8, 4) is 0 Å². The fourth-order valence-electron chi connectivity index (χ4n) is 6.41. The Morgan fingerprint density at radius 1 is 0.824 bits per heavy atom. The Labute approximate surface area is 303 Å². The molecule has 1 aliphatic carbocycles. The highest BCUT2D eigenvalue weighted by Crippen LogP contribution is 2.51. The normalized spacial score (nSPS) is 16.2. The molecule has 0 aliphatic heterocycles. The van der Waals surface area contributed by atoms with Gasteiger partial charge in [-0.2, -0.15) is 0 Å². The summed E-state index contributed by atoms with van der Waals surface area (Å²) in [5.41, 5.74) is 2.34. The van der Waals surface area contributed by atoms with Crippen LogP contribution in [-0.4, -0.2) is 87.8 Å². The quantitative estimate of drug-likeness (QED) is 0.0746. The molecule has 0 aromatic heterocycles. The predicted octanol–water partition coefficient (Wildman–Crippen LogP) is 5.22. The van der Waals surface area contributed by atoms with Crippen LogP contribution in [0.25, 0.3) is 0 Å². The summed E-state index contributed by atoms with van der Waals surface area (Å²) in [5, 5.41) is 8.79. The number of rotatable bonds is 26. The number of phosphoric ester groups is 1. The van der Waals surface area contributed by atoms with Gasteiger partial charge in [0, 0.05) is 24.9 Å². The molecule has 1 saturated carbocycles. The summed E-state index contributed by atoms with van der Waals surface area (Å²) in [7, 11) is -2.45. The van der Waals surface area contributed by atoms with Crippen molar-refractivity contribution in [3.05, 3.63) is 71.8 Å². The smallest absolute Gasteiger partial charge is 0.377 e. The van der Waals surface area contributed by atoms with E-state index in [4.69, 9.17) is 18.5 Å². The van der Waals surface area contributed by atoms with Crippen LogP contribution in [0.2, 0.25) is 0 Å². The highest BCUT2D eigenvalue weighted by Gasteiger charge is 2.40. The lowest BCUT2D eigenvalue weighted by atomic mass is 9.65. The Hall–Kier alpha value is -2.96. The fraction of sp³-hybridized carbons (Fsp3) is 0.605. The zero-order chi connectivity index (χ0) is 36.8. The second kappa shape index (κ2) is 23.6. The Morgan fingerprint density at radius 2 is 1.47 bits per heavy atom. The minimum Gasteiger partial charge on any atom is -0.377 e. The summed E-state index contributed by atoms with van der Waals surface area (Å²) in [5.74, 6) is -0.179. The van der Waals surface area contributed by atoms with Gasteiger partial charge >= 0.3 is 7.82 Å². The molecule has 1 unspecified atom stereocenters. The first kappa shape index (κ1) is 42.5. The number of likely N-dealkylation sites (N-methyl/N-ethyl adjacent to an activating group) is 1. The van der Waals surface area contributed by atoms with E-state index < -0.39 is 7.82 Å². The molecule has 0 spiro atoms.